The van der Waals surface area contributed by atoms with Crippen LogP contribution in [0.3, 0.4) is 0 Å². The Morgan fingerprint density at radius 2 is 1.58 bits per heavy atom. The van der Waals surface area contributed by atoms with Gasteiger partial charge >= 0.3 is 6.09 Å². The van der Waals surface area contributed by atoms with E-state index in [0.717, 1.165) is 6.42 Å². The maximum Gasteiger partial charge on any atom is 0.410 e. The zero-order valence-electron chi connectivity index (χ0n) is 15.6. The van der Waals surface area contributed by atoms with E-state index in [9.17, 15) is 14.4 Å². The van der Waals surface area contributed by atoms with E-state index in [4.69, 9.17) is 4.74 Å². The summed E-state index contributed by atoms with van der Waals surface area (Å²) in [6, 6.07) is 0.130. The zero-order valence-corrected chi connectivity index (χ0v) is 15.6. The normalized spacial score (nSPS) is 16.5. The van der Waals surface area contributed by atoms with Gasteiger partial charge in [0.15, 0.2) is 0 Å². The summed E-state index contributed by atoms with van der Waals surface area (Å²) in [5.41, 5.74) is -0.521. The third-order valence-electron chi connectivity index (χ3n) is 3.87. The van der Waals surface area contributed by atoms with E-state index in [1.165, 1.54) is 0 Å². The van der Waals surface area contributed by atoms with Crippen molar-refractivity contribution in [1.82, 2.24) is 15.1 Å². The van der Waals surface area contributed by atoms with Gasteiger partial charge < -0.3 is 19.9 Å². The van der Waals surface area contributed by atoms with Crippen LogP contribution >= 0.6 is 0 Å². The van der Waals surface area contributed by atoms with Gasteiger partial charge in [0, 0.05) is 45.1 Å². The molecule has 0 aromatic heterocycles. The number of nitrogens with zero attached hydrogens (tertiary/aromatic N) is 2. The van der Waals surface area contributed by atoms with Gasteiger partial charge in [0.1, 0.15) is 5.60 Å². The smallest absolute Gasteiger partial charge is 0.410 e. The molecule has 7 nitrogen and oxygen atoms in total. The van der Waals surface area contributed by atoms with E-state index in [1.54, 1.807) is 9.80 Å². The van der Waals surface area contributed by atoms with Crippen molar-refractivity contribution < 1.29 is 19.1 Å². The Morgan fingerprint density at radius 3 is 2.08 bits per heavy atom. The predicted molar refractivity (Wildman–Crippen MR) is 91.5 cm³/mol. The van der Waals surface area contributed by atoms with E-state index < -0.39 is 5.60 Å². The van der Waals surface area contributed by atoms with Gasteiger partial charge in [-0.2, -0.15) is 0 Å². The summed E-state index contributed by atoms with van der Waals surface area (Å²) in [7, 11) is 0. The van der Waals surface area contributed by atoms with Crippen LogP contribution in [0.2, 0.25) is 0 Å². The van der Waals surface area contributed by atoms with Crippen LogP contribution in [0.5, 0.6) is 0 Å². The largest absolute Gasteiger partial charge is 0.444 e. The first-order valence-corrected chi connectivity index (χ1v) is 8.67. The molecule has 1 saturated heterocycles. The Labute approximate surface area is 144 Å². The number of amides is 3. The van der Waals surface area contributed by atoms with Crippen molar-refractivity contribution in [2.24, 2.45) is 0 Å². The molecule has 1 unspecified atom stereocenters. The first-order chi connectivity index (χ1) is 11.1. The molecule has 3 amide bonds. The maximum absolute atomic E-state index is 12.2. The van der Waals surface area contributed by atoms with Crippen molar-refractivity contribution >= 4 is 17.9 Å². The molecule has 0 spiro atoms. The molecule has 138 valence electrons. The monoisotopic (exact) mass is 341 g/mol. The van der Waals surface area contributed by atoms with Crippen molar-refractivity contribution in [3.63, 3.8) is 0 Å². The van der Waals surface area contributed by atoms with Gasteiger partial charge in [0.2, 0.25) is 11.8 Å². The quantitative estimate of drug-likeness (QED) is 0.826. The molecule has 0 bridgehead atoms. The average molecular weight is 341 g/mol. The Morgan fingerprint density at radius 1 is 1.04 bits per heavy atom. The van der Waals surface area contributed by atoms with Crippen LogP contribution < -0.4 is 5.32 Å². The number of piperazine rings is 1. The Kier molecular flexibility index (Phi) is 7.51. The van der Waals surface area contributed by atoms with Crippen molar-refractivity contribution in [1.29, 1.82) is 0 Å². The molecule has 1 atom stereocenters. The second-order valence-corrected chi connectivity index (χ2v) is 7.22. The predicted octanol–water partition coefficient (Wildman–Crippen LogP) is 1.76. The van der Waals surface area contributed by atoms with Crippen molar-refractivity contribution in [3.05, 3.63) is 0 Å². The summed E-state index contributed by atoms with van der Waals surface area (Å²) in [6.07, 6.45) is 0.929. The van der Waals surface area contributed by atoms with E-state index in [-0.39, 0.29) is 36.8 Å². The molecule has 0 aliphatic carbocycles. The highest BCUT2D eigenvalue weighted by Crippen LogP contribution is 2.12. The summed E-state index contributed by atoms with van der Waals surface area (Å²) in [5.74, 6) is -0.136. The third kappa shape index (κ3) is 7.19. The molecular weight excluding hydrogens is 310 g/mol. The fourth-order valence-corrected chi connectivity index (χ4v) is 2.29. The first-order valence-electron chi connectivity index (χ1n) is 8.67. The topological polar surface area (TPSA) is 79.0 Å². The van der Waals surface area contributed by atoms with Crippen LogP contribution in [0.1, 0.15) is 53.9 Å². The molecule has 1 heterocycles. The minimum Gasteiger partial charge on any atom is -0.444 e. The number of carbonyl (C=O) groups is 3. The summed E-state index contributed by atoms with van der Waals surface area (Å²) in [6.45, 7) is 11.3. The minimum atomic E-state index is -0.521. The molecule has 1 fully saturated rings. The summed E-state index contributed by atoms with van der Waals surface area (Å²) >= 11 is 0. The van der Waals surface area contributed by atoms with Crippen molar-refractivity contribution in [2.45, 2.75) is 65.5 Å². The highest BCUT2D eigenvalue weighted by atomic mass is 16.6. The van der Waals surface area contributed by atoms with Gasteiger partial charge in [-0.15, -0.1) is 0 Å². The molecule has 24 heavy (non-hydrogen) atoms. The van der Waals surface area contributed by atoms with Gasteiger partial charge in [-0.05, 0) is 34.1 Å². The Balaban J connectivity index is 2.33. The number of hydrogen-bond acceptors (Lipinski definition) is 4. The van der Waals surface area contributed by atoms with Crippen LogP contribution in [0, 0.1) is 0 Å². The second-order valence-electron chi connectivity index (χ2n) is 7.22. The lowest BCUT2D eigenvalue weighted by atomic mass is 10.2. The SMILES string of the molecule is CCC(C)NC(=O)CCC(=O)N1CCN(C(=O)OC(C)(C)C)CC1. The number of hydrogen-bond donors (Lipinski definition) is 1. The van der Waals surface area contributed by atoms with Crippen LogP contribution in [0.15, 0.2) is 0 Å². The molecule has 1 aliphatic rings. The Bertz CT molecular complexity index is 451. The van der Waals surface area contributed by atoms with Gasteiger partial charge in [0.05, 0.1) is 0 Å². The fourth-order valence-electron chi connectivity index (χ4n) is 2.29. The van der Waals surface area contributed by atoms with Gasteiger partial charge in [-0.1, -0.05) is 6.92 Å². The maximum atomic E-state index is 12.2. The van der Waals surface area contributed by atoms with Crippen molar-refractivity contribution in [3.8, 4) is 0 Å². The second kappa shape index (κ2) is 8.89. The lowest BCUT2D eigenvalue weighted by Crippen LogP contribution is -2.51. The van der Waals surface area contributed by atoms with E-state index in [2.05, 4.69) is 5.32 Å². The molecule has 0 radical (unpaired) electrons. The van der Waals surface area contributed by atoms with Crippen LogP contribution in [0.4, 0.5) is 4.79 Å². The lowest BCUT2D eigenvalue weighted by molar-refractivity contribution is -0.135. The number of nitrogens with one attached hydrogen (secondary N) is 1. The molecule has 0 aromatic carbocycles. The molecular formula is C17H31N3O4. The molecule has 1 N–H and O–H groups in total. The van der Waals surface area contributed by atoms with Crippen molar-refractivity contribution in [2.75, 3.05) is 26.2 Å². The van der Waals surface area contributed by atoms with Crippen LogP contribution in [-0.2, 0) is 14.3 Å². The zero-order chi connectivity index (χ0) is 18.3. The molecule has 1 aliphatic heterocycles. The molecule has 0 saturated carbocycles. The highest BCUT2D eigenvalue weighted by Gasteiger charge is 2.27. The lowest BCUT2D eigenvalue weighted by Gasteiger charge is -2.35. The average Bonchev–Trinajstić information content (AvgIpc) is 2.51. The number of carbonyl (C=O) groups excluding carboxylic acids is 3. The van der Waals surface area contributed by atoms with Crippen LogP contribution in [0.25, 0.3) is 0 Å². The number of rotatable bonds is 5. The Hall–Kier alpha value is -1.79. The van der Waals surface area contributed by atoms with E-state index >= 15 is 0 Å². The standard InChI is InChI=1S/C17H31N3O4/c1-6-13(2)18-14(21)7-8-15(22)19-9-11-20(12-10-19)16(23)24-17(3,4)5/h13H,6-12H2,1-5H3,(H,18,21). The minimum absolute atomic E-state index is 0.0434. The molecule has 1 rings (SSSR count). The van der Waals surface area contributed by atoms with Gasteiger partial charge in [-0.25, -0.2) is 4.79 Å². The van der Waals surface area contributed by atoms with Gasteiger partial charge in [-0.3, -0.25) is 9.59 Å². The third-order valence-corrected chi connectivity index (χ3v) is 3.87. The summed E-state index contributed by atoms with van der Waals surface area (Å²) < 4.78 is 5.33. The molecule has 7 heteroatoms. The fraction of sp³-hybridized carbons (Fsp3) is 0.824. The highest BCUT2D eigenvalue weighted by molar-refractivity contribution is 5.84. The van der Waals surface area contributed by atoms with E-state index in [0.29, 0.717) is 26.2 Å². The van der Waals surface area contributed by atoms with E-state index in [1.807, 2.05) is 34.6 Å². The molecule has 0 aromatic rings. The van der Waals surface area contributed by atoms with Gasteiger partial charge in [0.25, 0.3) is 0 Å². The summed E-state index contributed by atoms with van der Waals surface area (Å²) in [5, 5.41) is 2.85. The first kappa shape index (κ1) is 20.3. The summed E-state index contributed by atoms with van der Waals surface area (Å²) in [4.78, 5) is 39.2. The number of ether oxygens (including phenoxy) is 1. The van der Waals surface area contributed by atoms with Crippen LogP contribution in [-0.4, -0.2) is 65.5 Å².